The van der Waals surface area contributed by atoms with E-state index in [2.05, 4.69) is 10.3 Å². The Morgan fingerprint density at radius 1 is 1.23 bits per heavy atom. The number of rotatable bonds is 4. The molecule has 2 saturated heterocycles. The van der Waals surface area contributed by atoms with Gasteiger partial charge in [0.15, 0.2) is 5.82 Å². The summed E-state index contributed by atoms with van der Waals surface area (Å²) in [5.74, 6) is 0.602. The first-order chi connectivity index (χ1) is 15.1. The SMILES string of the molecule is Cc1cc(Nc2nn(C3CCCOC3)c3cc[nH]c(=O)c23)ccc1C(=O)N1CCCC1. The van der Waals surface area contributed by atoms with Gasteiger partial charge < -0.3 is 19.9 Å². The Labute approximate surface area is 180 Å². The maximum Gasteiger partial charge on any atom is 0.261 e. The van der Waals surface area contributed by atoms with E-state index in [1.54, 1.807) is 6.20 Å². The van der Waals surface area contributed by atoms with E-state index < -0.39 is 0 Å². The number of hydrogen-bond donors (Lipinski definition) is 2. The number of carbonyl (C=O) groups is 1. The lowest BCUT2D eigenvalue weighted by Gasteiger charge is -2.23. The van der Waals surface area contributed by atoms with Gasteiger partial charge in [-0.05, 0) is 62.4 Å². The molecule has 2 fully saturated rings. The van der Waals surface area contributed by atoms with Crippen molar-refractivity contribution in [1.82, 2.24) is 19.7 Å². The van der Waals surface area contributed by atoms with Crippen LogP contribution in [-0.2, 0) is 4.74 Å². The molecule has 8 heteroatoms. The van der Waals surface area contributed by atoms with Gasteiger partial charge in [0, 0.05) is 37.1 Å². The second-order valence-electron chi connectivity index (χ2n) is 8.39. The molecule has 0 bridgehead atoms. The van der Waals surface area contributed by atoms with E-state index >= 15 is 0 Å². The number of pyridine rings is 1. The van der Waals surface area contributed by atoms with Crippen LogP contribution in [0.3, 0.4) is 0 Å². The fourth-order valence-electron chi connectivity index (χ4n) is 4.59. The Bertz CT molecular complexity index is 1170. The van der Waals surface area contributed by atoms with Crippen LogP contribution >= 0.6 is 0 Å². The lowest BCUT2D eigenvalue weighted by molar-refractivity contribution is 0.0566. The van der Waals surface area contributed by atoms with Crippen molar-refractivity contribution >= 4 is 28.3 Å². The second kappa shape index (κ2) is 8.19. The summed E-state index contributed by atoms with van der Waals surface area (Å²) >= 11 is 0. The first-order valence-electron chi connectivity index (χ1n) is 11.0. The van der Waals surface area contributed by atoms with Gasteiger partial charge in [0.1, 0.15) is 5.39 Å². The lowest BCUT2D eigenvalue weighted by atomic mass is 10.1. The normalized spacial score (nSPS) is 19.1. The van der Waals surface area contributed by atoms with Crippen molar-refractivity contribution in [2.45, 2.75) is 38.6 Å². The summed E-state index contributed by atoms with van der Waals surface area (Å²) in [6, 6.07) is 7.66. The zero-order valence-electron chi connectivity index (χ0n) is 17.7. The summed E-state index contributed by atoms with van der Waals surface area (Å²) < 4.78 is 7.54. The number of amides is 1. The van der Waals surface area contributed by atoms with Gasteiger partial charge in [-0.15, -0.1) is 0 Å². The predicted octanol–water partition coefficient (Wildman–Crippen LogP) is 3.36. The molecule has 162 valence electrons. The van der Waals surface area contributed by atoms with Gasteiger partial charge in [0.25, 0.3) is 11.5 Å². The highest BCUT2D eigenvalue weighted by Crippen LogP contribution is 2.29. The average molecular weight is 422 g/mol. The van der Waals surface area contributed by atoms with Crippen LogP contribution in [0.15, 0.2) is 35.3 Å². The number of nitrogens with zero attached hydrogens (tertiary/aromatic N) is 3. The van der Waals surface area contributed by atoms with Gasteiger partial charge in [-0.3, -0.25) is 14.3 Å². The predicted molar refractivity (Wildman–Crippen MR) is 119 cm³/mol. The minimum atomic E-state index is -0.180. The first kappa shape index (κ1) is 19.8. The Kier molecular flexibility index (Phi) is 5.23. The Morgan fingerprint density at radius 2 is 2.06 bits per heavy atom. The van der Waals surface area contributed by atoms with E-state index in [0.717, 1.165) is 67.7 Å². The second-order valence-corrected chi connectivity index (χ2v) is 8.39. The standard InChI is InChI=1S/C23H27N5O3/c1-15-13-16(6-7-18(15)23(30)27-10-2-3-11-27)25-21-20-19(8-9-24-22(20)29)28(26-21)17-5-4-12-31-14-17/h6-9,13,17H,2-5,10-12,14H2,1H3,(H,24,29)(H,25,26). The fraction of sp³-hybridized carbons (Fsp3) is 0.435. The van der Waals surface area contributed by atoms with Gasteiger partial charge >= 0.3 is 0 Å². The number of anilines is 2. The van der Waals surface area contributed by atoms with Gasteiger partial charge in [0.05, 0.1) is 18.2 Å². The highest BCUT2D eigenvalue weighted by Gasteiger charge is 2.23. The smallest absolute Gasteiger partial charge is 0.261 e. The molecule has 2 aromatic heterocycles. The van der Waals surface area contributed by atoms with E-state index in [1.165, 1.54) is 0 Å². The van der Waals surface area contributed by atoms with Crippen LogP contribution in [-0.4, -0.2) is 51.9 Å². The number of carbonyl (C=O) groups excluding carboxylic acids is 1. The maximum atomic E-state index is 12.8. The highest BCUT2D eigenvalue weighted by molar-refractivity contribution is 5.96. The number of ether oxygens (including phenoxy) is 1. The molecule has 2 N–H and O–H groups in total. The number of nitrogens with one attached hydrogen (secondary N) is 2. The summed E-state index contributed by atoms with van der Waals surface area (Å²) in [5, 5.41) is 8.59. The van der Waals surface area contributed by atoms with Crippen LogP contribution < -0.4 is 10.9 Å². The maximum absolute atomic E-state index is 12.8. The molecule has 0 saturated carbocycles. The number of aromatic amines is 1. The molecule has 0 aliphatic carbocycles. The van der Waals surface area contributed by atoms with Crippen LogP contribution in [0, 0.1) is 6.92 Å². The van der Waals surface area contributed by atoms with Crippen molar-refractivity contribution < 1.29 is 9.53 Å². The van der Waals surface area contributed by atoms with Crippen molar-refractivity contribution in [3.05, 3.63) is 51.9 Å². The molecule has 0 radical (unpaired) electrons. The van der Waals surface area contributed by atoms with Gasteiger partial charge in [-0.2, -0.15) is 5.10 Å². The number of hydrogen-bond acceptors (Lipinski definition) is 5. The highest BCUT2D eigenvalue weighted by atomic mass is 16.5. The van der Waals surface area contributed by atoms with E-state index in [9.17, 15) is 9.59 Å². The van der Waals surface area contributed by atoms with Crippen LogP contribution in [0.4, 0.5) is 11.5 Å². The molecule has 8 nitrogen and oxygen atoms in total. The van der Waals surface area contributed by atoms with E-state index in [0.29, 0.717) is 17.8 Å². The summed E-state index contributed by atoms with van der Waals surface area (Å²) in [7, 11) is 0. The first-order valence-corrected chi connectivity index (χ1v) is 11.0. The largest absolute Gasteiger partial charge is 0.379 e. The number of aryl methyl sites for hydroxylation is 1. The minimum absolute atomic E-state index is 0.0880. The van der Waals surface area contributed by atoms with E-state index in [4.69, 9.17) is 9.84 Å². The van der Waals surface area contributed by atoms with Crippen molar-refractivity contribution in [3.63, 3.8) is 0 Å². The number of aromatic nitrogens is 3. The molecular weight excluding hydrogens is 394 g/mol. The molecule has 2 aliphatic heterocycles. The molecule has 1 unspecified atom stereocenters. The zero-order chi connectivity index (χ0) is 21.4. The van der Waals surface area contributed by atoms with Crippen molar-refractivity contribution in [2.24, 2.45) is 0 Å². The Morgan fingerprint density at radius 3 is 2.81 bits per heavy atom. The summed E-state index contributed by atoms with van der Waals surface area (Å²) in [6.45, 7) is 4.96. The Hall–Kier alpha value is -3.13. The monoisotopic (exact) mass is 421 g/mol. The quantitative estimate of drug-likeness (QED) is 0.674. The Balaban J connectivity index is 1.47. The molecule has 4 heterocycles. The van der Waals surface area contributed by atoms with Crippen LogP contribution in [0.5, 0.6) is 0 Å². The average Bonchev–Trinajstić information content (AvgIpc) is 3.43. The fourth-order valence-corrected chi connectivity index (χ4v) is 4.59. The molecule has 1 aromatic carbocycles. The van der Waals surface area contributed by atoms with Crippen LogP contribution in [0.25, 0.3) is 10.9 Å². The molecule has 2 aliphatic rings. The summed E-state index contributed by atoms with van der Waals surface area (Å²) in [6.07, 6.45) is 5.74. The molecular formula is C23H27N5O3. The van der Waals surface area contributed by atoms with Crippen LogP contribution in [0.2, 0.25) is 0 Å². The van der Waals surface area contributed by atoms with E-state index in [-0.39, 0.29) is 17.5 Å². The van der Waals surface area contributed by atoms with Gasteiger partial charge in [0.2, 0.25) is 0 Å². The molecule has 5 rings (SSSR count). The third-order valence-corrected chi connectivity index (χ3v) is 6.23. The molecule has 1 amide bonds. The third kappa shape index (κ3) is 3.72. The molecule has 0 spiro atoms. The topological polar surface area (TPSA) is 92.2 Å². The molecule has 1 atom stereocenters. The van der Waals surface area contributed by atoms with Crippen LogP contribution in [0.1, 0.15) is 47.6 Å². The minimum Gasteiger partial charge on any atom is -0.379 e. The molecule has 3 aromatic rings. The summed E-state index contributed by atoms with van der Waals surface area (Å²) in [5.41, 5.74) is 3.03. The van der Waals surface area contributed by atoms with Crippen molar-refractivity contribution in [1.29, 1.82) is 0 Å². The van der Waals surface area contributed by atoms with Gasteiger partial charge in [-0.1, -0.05) is 0 Å². The van der Waals surface area contributed by atoms with Crippen molar-refractivity contribution in [2.75, 3.05) is 31.6 Å². The number of benzene rings is 1. The zero-order valence-corrected chi connectivity index (χ0v) is 17.7. The number of likely N-dealkylation sites (tertiary alicyclic amines) is 1. The van der Waals surface area contributed by atoms with Crippen molar-refractivity contribution in [3.8, 4) is 0 Å². The number of H-pyrrole nitrogens is 1. The lowest BCUT2D eigenvalue weighted by Crippen LogP contribution is -2.28. The summed E-state index contributed by atoms with van der Waals surface area (Å²) in [4.78, 5) is 30.0. The van der Waals surface area contributed by atoms with Gasteiger partial charge in [-0.25, -0.2) is 0 Å². The van der Waals surface area contributed by atoms with E-state index in [1.807, 2.05) is 40.8 Å². The number of fused-ring (bicyclic) bond motifs is 1. The third-order valence-electron chi connectivity index (χ3n) is 6.23. The molecule has 31 heavy (non-hydrogen) atoms.